The van der Waals surface area contributed by atoms with E-state index in [-0.39, 0.29) is 5.56 Å². The first-order chi connectivity index (χ1) is 12.6. The van der Waals surface area contributed by atoms with E-state index in [1.165, 1.54) is 12.7 Å². The van der Waals surface area contributed by atoms with E-state index >= 15 is 0 Å². The number of hydrogen-bond donors (Lipinski definition) is 1. The van der Waals surface area contributed by atoms with Gasteiger partial charge in [0.2, 0.25) is 0 Å². The Hall–Kier alpha value is -2.47. The predicted octanol–water partition coefficient (Wildman–Crippen LogP) is 3.19. The normalized spacial score (nSPS) is 17.3. The van der Waals surface area contributed by atoms with Gasteiger partial charge >= 0.3 is 0 Å². The Morgan fingerprint density at radius 2 is 1.92 bits per heavy atom. The lowest BCUT2D eigenvalue weighted by molar-refractivity contribution is 0.0948. The van der Waals surface area contributed by atoms with E-state index in [0.29, 0.717) is 19.0 Å². The molecule has 1 atom stereocenters. The smallest absolute Gasteiger partial charge is 0.251 e. The first kappa shape index (κ1) is 18.3. The molecule has 1 fully saturated rings. The monoisotopic (exact) mass is 360 g/mol. The van der Waals surface area contributed by atoms with E-state index in [1.807, 2.05) is 18.2 Å². The molecule has 0 bridgehead atoms. The van der Waals surface area contributed by atoms with Crippen molar-refractivity contribution in [3.63, 3.8) is 0 Å². The summed E-state index contributed by atoms with van der Waals surface area (Å²) in [5.41, 5.74) is 1.28. The first-order valence-electron chi connectivity index (χ1n) is 8.67. The zero-order valence-corrected chi connectivity index (χ0v) is 14.7. The zero-order valence-electron chi connectivity index (χ0n) is 14.7. The van der Waals surface area contributed by atoms with E-state index in [4.69, 9.17) is 0 Å². The number of carbonyl (C=O) groups is 1. The molecule has 0 radical (unpaired) electrons. The van der Waals surface area contributed by atoms with Crippen molar-refractivity contribution in [3.8, 4) is 5.75 Å². The second kappa shape index (κ2) is 8.27. The maximum Gasteiger partial charge on any atom is 0.251 e. The van der Waals surface area contributed by atoms with Crippen LogP contribution in [0, 0.1) is 11.6 Å². The molecular weight excluding hydrogens is 338 g/mol. The molecule has 1 amide bonds. The van der Waals surface area contributed by atoms with Gasteiger partial charge in [-0.1, -0.05) is 30.3 Å². The molecule has 4 nitrogen and oxygen atoms in total. The fraction of sp³-hybridized carbons (Fsp3) is 0.350. The molecular formula is C20H22F2N2O2. The third-order valence-corrected chi connectivity index (χ3v) is 4.72. The number of likely N-dealkylation sites (tertiary alicyclic amines) is 1. The van der Waals surface area contributed by atoms with Gasteiger partial charge in [-0.15, -0.1) is 0 Å². The van der Waals surface area contributed by atoms with Crippen LogP contribution in [-0.2, 0) is 0 Å². The topological polar surface area (TPSA) is 41.6 Å². The summed E-state index contributed by atoms with van der Waals surface area (Å²) in [5.74, 6) is -2.24. The van der Waals surface area contributed by atoms with E-state index in [1.54, 1.807) is 0 Å². The molecule has 1 aliphatic heterocycles. The van der Waals surface area contributed by atoms with Gasteiger partial charge in [0.05, 0.1) is 7.11 Å². The van der Waals surface area contributed by atoms with Crippen LogP contribution in [0.15, 0.2) is 42.5 Å². The summed E-state index contributed by atoms with van der Waals surface area (Å²) in [6, 6.07) is 12.4. The number of nitrogens with one attached hydrogen (secondary N) is 1. The number of benzene rings is 2. The number of nitrogens with zero attached hydrogens (tertiary/aromatic N) is 1. The lowest BCUT2D eigenvalue weighted by atomic mass is 9.99. The fourth-order valence-electron chi connectivity index (χ4n) is 3.35. The van der Waals surface area contributed by atoms with E-state index in [9.17, 15) is 13.6 Å². The zero-order chi connectivity index (χ0) is 18.5. The van der Waals surface area contributed by atoms with Gasteiger partial charge in [0.15, 0.2) is 17.4 Å². The number of rotatable bonds is 6. The summed E-state index contributed by atoms with van der Waals surface area (Å²) < 4.78 is 32.0. The molecule has 0 aliphatic carbocycles. The van der Waals surface area contributed by atoms with Crippen molar-refractivity contribution in [1.29, 1.82) is 0 Å². The minimum atomic E-state index is -0.886. The molecule has 1 saturated heterocycles. The first-order valence-corrected chi connectivity index (χ1v) is 8.67. The number of amides is 1. The summed E-state index contributed by atoms with van der Waals surface area (Å²) in [6.07, 6.45) is 1.09. The number of hydrogen-bond acceptors (Lipinski definition) is 3. The van der Waals surface area contributed by atoms with Crippen LogP contribution in [-0.4, -0.2) is 44.1 Å². The maximum atomic E-state index is 13.7. The van der Waals surface area contributed by atoms with Gasteiger partial charge < -0.3 is 15.0 Å². The van der Waals surface area contributed by atoms with Crippen molar-refractivity contribution in [2.75, 3.05) is 33.3 Å². The van der Waals surface area contributed by atoms with Crippen molar-refractivity contribution in [2.45, 2.75) is 12.3 Å². The standard InChI is InChI=1S/C20H22F2N2O2/c1-26-19-17(21)11-16(12-18(19)22)20(25)23-8-10-24-9-7-15(13-24)14-5-3-2-4-6-14/h2-6,11-12,15H,7-10,13H2,1H3,(H,23,25). The van der Waals surface area contributed by atoms with Crippen molar-refractivity contribution in [2.24, 2.45) is 0 Å². The van der Waals surface area contributed by atoms with Crippen molar-refractivity contribution < 1.29 is 18.3 Å². The Labute approximate surface area is 151 Å². The Bertz CT molecular complexity index is 745. The molecule has 1 heterocycles. The van der Waals surface area contributed by atoms with Crippen molar-refractivity contribution in [3.05, 3.63) is 65.2 Å². The highest BCUT2D eigenvalue weighted by Gasteiger charge is 2.23. The van der Waals surface area contributed by atoms with Crippen LogP contribution < -0.4 is 10.1 Å². The van der Waals surface area contributed by atoms with Crippen LogP contribution in [0.25, 0.3) is 0 Å². The fourth-order valence-corrected chi connectivity index (χ4v) is 3.35. The van der Waals surface area contributed by atoms with Gasteiger partial charge in [-0.25, -0.2) is 8.78 Å². The second-order valence-electron chi connectivity index (χ2n) is 6.43. The number of carbonyl (C=O) groups excluding carboxylic acids is 1. The molecule has 3 rings (SSSR count). The number of halogens is 2. The Kier molecular flexibility index (Phi) is 5.83. The van der Waals surface area contributed by atoms with Crippen LogP contribution in [0.5, 0.6) is 5.75 Å². The lowest BCUT2D eigenvalue weighted by Gasteiger charge is -2.16. The summed E-state index contributed by atoms with van der Waals surface area (Å²) in [4.78, 5) is 14.4. The molecule has 0 aromatic heterocycles. The van der Waals surface area contributed by atoms with E-state index in [2.05, 4.69) is 27.1 Å². The highest BCUT2D eigenvalue weighted by Crippen LogP contribution is 2.26. The molecule has 2 aromatic rings. The predicted molar refractivity (Wildman–Crippen MR) is 95.5 cm³/mol. The van der Waals surface area contributed by atoms with E-state index in [0.717, 1.165) is 31.6 Å². The molecule has 1 N–H and O–H groups in total. The van der Waals surface area contributed by atoms with Gasteiger partial charge in [-0.3, -0.25) is 4.79 Å². The maximum absolute atomic E-state index is 13.7. The van der Waals surface area contributed by atoms with Crippen LogP contribution in [0.4, 0.5) is 8.78 Å². The summed E-state index contributed by atoms with van der Waals surface area (Å²) in [6.45, 7) is 3.05. The third-order valence-electron chi connectivity index (χ3n) is 4.72. The average Bonchev–Trinajstić information content (AvgIpc) is 3.11. The Morgan fingerprint density at radius 1 is 1.23 bits per heavy atom. The van der Waals surface area contributed by atoms with Gasteiger partial charge in [-0.05, 0) is 36.6 Å². The highest BCUT2D eigenvalue weighted by atomic mass is 19.1. The average molecular weight is 360 g/mol. The molecule has 6 heteroatoms. The Balaban J connectivity index is 1.49. The summed E-state index contributed by atoms with van der Waals surface area (Å²) >= 11 is 0. The minimum Gasteiger partial charge on any atom is -0.491 e. The van der Waals surface area contributed by atoms with Crippen molar-refractivity contribution >= 4 is 5.91 Å². The minimum absolute atomic E-state index is 0.0515. The van der Waals surface area contributed by atoms with Crippen LogP contribution in [0.1, 0.15) is 28.3 Å². The second-order valence-corrected chi connectivity index (χ2v) is 6.43. The molecule has 26 heavy (non-hydrogen) atoms. The van der Waals surface area contributed by atoms with Crippen LogP contribution in [0.3, 0.4) is 0 Å². The molecule has 1 aliphatic rings. The SMILES string of the molecule is COc1c(F)cc(C(=O)NCCN2CCC(c3ccccc3)C2)cc1F. The highest BCUT2D eigenvalue weighted by molar-refractivity contribution is 5.94. The van der Waals surface area contributed by atoms with E-state index < -0.39 is 23.3 Å². The largest absolute Gasteiger partial charge is 0.491 e. The Morgan fingerprint density at radius 3 is 2.58 bits per heavy atom. The summed E-state index contributed by atoms with van der Waals surface area (Å²) in [5, 5.41) is 2.72. The van der Waals surface area contributed by atoms with Gasteiger partial charge in [0, 0.05) is 25.2 Å². The molecule has 2 aromatic carbocycles. The van der Waals surface area contributed by atoms with Gasteiger partial charge in [0.25, 0.3) is 5.91 Å². The molecule has 138 valence electrons. The lowest BCUT2D eigenvalue weighted by Crippen LogP contribution is -2.33. The number of ether oxygens (including phenoxy) is 1. The molecule has 0 saturated carbocycles. The molecule has 1 unspecified atom stereocenters. The summed E-state index contributed by atoms with van der Waals surface area (Å²) in [7, 11) is 1.18. The quantitative estimate of drug-likeness (QED) is 0.860. The third kappa shape index (κ3) is 4.19. The van der Waals surface area contributed by atoms with Gasteiger partial charge in [-0.2, -0.15) is 0 Å². The van der Waals surface area contributed by atoms with Crippen molar-refractivity contribution in [1.82, 2.24) is 10.2 Å². The van der Waals surface area contributed by atoms with Crippen LogP contribution in [0.2, 0.25) is 0 Å². The molecule has 0 spiro atoms. The number of methoxy groups -OCH3 is 1. The van der Waals surface area contributed by atoms with Crippen LogP contribution >= 0.6 is 0 Å². The van der Waals surface area contributed by atoms with Gasteiger partial charge in [0.1, 0.15) is 0 Å².